The van der Waals surface area contributed by atoms with Gasteiger partial charge in [0.25, 0.3) is 0 Å². The van der Waals surface area contributed by atoms with Crippen LogP contribution in [0.5, 0.6) is 0 Å². The van der Waals surface area contributed by atoms with Gasteiger partial charge in [0, 0.05) is 23.8 Å². The van der Waals surface area contributed by atoms with Crippen LogP contribution in [-0.2, 0) is 11.3 Å². The Hall–Kier alpha value is -1.77. The predicted molar refractivity (Wildman–Crippen MR) is 81.6 cm³/mol. The van der Waals surface area contributed by atoms with Crippen molar-refractivity contribution in [3.63, 3.8) is 0 Å². The van der Waals surface area contributed by atoms with Crippen molar-refractivity contribution in [1.29, 1.82) is 0 Å². The van der Waals surface area contributed by atoms with E-state index >= 15 is 0 Å². The Labute approximate surface area is 120 Å². The van der Waals surface area contributed by atoms with Crippen LogP contribution in [0.2, 0.25) is 0 Å². The van der Waals surface area contributed by atoms with Gasteiger partial charge in [0.1, 0.15) is 6.54 Å². The zero-order valence-corrected chi connectivity index (χ0v) is 12.2. The van der Waals surface area contributed by atoms with Crippen LogP contribution in [0, 0.1) is 0 Å². The van der Waals surface area contributed by atoms with Crippen molar-refractivity contribution in [2.75, 3.05) is 0 Å². The molecule has 0 N–H and O–H groups in total. The van der Waals surface area contributed by atoms with Crippen LogP contribution in [0.3, 0.4) is 0 Å². The molecule has 20 heavy (non-hydrogen) atoms. The Kier molecular flexibility index (Phi) is 3.51. The van der Waals surface area contributed by atoms with E-state index < -0.39 is 0 Å². The van der Waals surface area contributed by atoms with Gasteiger partial charge in [0.15, 0.2) is 0 Å². The van der Waals surface area contributed by atoms with Crippen LogP contribution in [0.15, 0.2) is 36.5 Å². The van der Waals surface area contributed by atoms with Crippen molar-refractivity contribution in [2.24, 2.45) is 0 Å². The van der Waals surface area contributed by atoms with Crippen LogP contribution < -0.4 is 0 Å². The Bertz CT molecular complexity index is 606. The number of aromatic nitrogens is 1. The highest BCUT2D eigenvalue weighted by atomic mass is 16.2. The van der Waals surface area contributed by atoms with Crippen LogP contribution in [-0.4, -0.2) is 27.5 Å². The van der Waals surface area contributed by atoms with Gasteiger partial charge in [-0.25, -0.2) is 0 Å². The van der Waals surface area contributed by atoms with Gasteiger partial charge in [-0.15, -0.1) is 0 Å². The fraction of sp³-hybridized carbons (Fsp3) is 0.471. The summed E-state index contributed by atoms with van der Waals surface area (Å²) in [6, 6.07) is 11.0. The monoisotopic (exact) mass is 270 g/mol. The average Bonchev–Trinajstić information content (AvgIpc) is 2.82. The fourth-order valence-electron chi connectivity index (χ4n) is 3.42. The number of para-hydroxylation sites is 1. The summed E-state index contributed by atoms with van der Waals surface area (Å²) in [5.41, 5.74) is 1.14. The SMILES string of the molecule is CC1CCCC(C)N1C(=O)Cn1ccc2ccccc21. The molecule has 1 saturated heterocycles. The molecule has 3 nitrogen and oxygen atoms in total. The summed E-state index contributed by atoms with van der Waals surface area (Å²) in [6.45, 7) is 4.78. The third-order valence-electron chi connectivity index (χ3n) is 4.47. The second-order valence-corrected chi connectivity index (χ2v) is 5.93. The molecular weight excluding hydrogens is 248 g/mol. The summed E-state index contributed by atoms with van der Waals surface area (Å²) in [7, 11) is 0. The van der Waals surface area contributed by atoms with Gasteiger partial charge in [0.05, 0.1) is 0 Å². The lowest BCUT2D eigenvalue weighted by atomic mass is 9.97. The number of carbonyl (C=O) groups is 1. The van der Waals surface area contributed by atoms with Crippen molar-refractivity contribution in [3.05, 3.63) is 36.5 Å². The number of likely N-dealkylation sites (tertiary alicyclic amines) is 1. The van der Waals surface area contributed by atoms with Crippen molar-refractivity contribution < 1.29 is 4.79 Å². The molecule has 1 aliphatic heterocycles. The zero-order chi connectivity index (χ0) is 14.1. The topological polar surface area (TPSA) is 25.2 Å². The van der Waals surface area contributed by atoms with Gasteiger partial charge in [-0.1, -0.05) is 18.2 Å². The van der Waals surface area contributed by atoms with Crippen molar-refractivity contribution in [1.82, 2.24) is 9.47 Å². The normalized spacial score (nSPS) is 23.2. The molecule has 2 atom stereocenters. The first-order chi connectivity index (χ1) is 9.66. The summed E-state index contributed by atoms with van der Waals surface area (Å²) in [4.78, 5) is 14.7. The molecule has 106 valence electrons. The fourth-order valence-corrected chi connectivity index (χ4v) is 3.42. The number of rotatable bonds is 2. The molecule has 0 spiro atoms. The summed E-state index contributed by atoms with van der Waals surface area (Å²) in [5, 5.41) is 1.19. The maximum absolute atomic E-state index is 12.6. The first kappa shape index (κ1) is 13.2. The highest BCUT2D eigenvalue weighted by molar-refractivity contribution is 5.83. The van der Waals surface area contributed by atoms with E-state index in [1.165, 1.54) is 11.8 Å². The number of carbonyl (C=O) groups excluding carboxylic acids is 1. The molecule has 3 heteroatoms. The van der Waals surface area contributed by atoms with E-state index in [2.05, 4.69) is 41.5 Å². The van der Waals surface area contributed by atoms with E-state index in [1.54, 1.807) is 0 Å². The van der Waals surface area contributed by atoms with Gasteiger partial charge in [0.2, 0.25) is 5.91 Å². The quantitative estimate of drug-likeness (QED) is 0.820. The average molecular weight is 270 g/mol. The van der Waals surface area contributed by atoms with Crippen molar-refractivity contribution in [2.45, 2.75) is 51.7 Å². The smallest absolute Gasteiger partial charge is 0.242 e. The van der Waals surface area contributed by atoms with Gasteiger partial charge >= 0.3 is 0 Å². The molecule has 1 aliphatic rings. The highest BCUT2D eigenvalue weighted by Crippen LogP contribution is 2.23. The second kappa shape index (κ2) is 5.31. The van der Waals surface area contributed by atoms with Crippen LogP contribution >= 0.6 is 0 Å². The van der Waals surface area contributed by atoms with Crippen LogP contribution in [0.1, 0.15) is 33.1 Å². The lowest BCUT2D eigenvalue weighted by Crippen LogP contribution is -2.48. The molecule has 2 aromatic rings. The first-order valence-corrected chi connectivity index (χ1v) is 7.52. The molecule has 3 rings (SSSR count). The van der Waals surface area contributed by atoms with Crippen molar-refractivity contribution >= 4 is 16.8 Å². The number of hydrogen-bond acceptors (Lipinski definition) is 1. The van der Waals surface area contributed by atoms with Crippen LogP contribution in [0.25, 0.3) is 10.9 Å². The minimum absolute atomic E-state index is 0.242. The lowest BCUT2D eigenvalue weighted by molar-refractivity contribution is -0.137. The highest BCUT2D eigenvalue weighted by Gasteiger charge is 2.28. The molecule has 2 unspecified atom stereocenters. The molecular formula is C17H22N2O. The summed E-state index contributed by atoms with van der Waals surface area (Å²) in [6.07, 6.45) is 5.51. The zero-order valence-electron chi connectivity index (χ0n) is 12.2. The van der Waals surface area contributed by atoms with E-state index in [0.717, 1.165) is 18.4 Å². The Balaban J connectivity index is 1.81. The largest absolute Gasteiger partial charge is 0.338 e. The molecule has 1 amide bonds. The minimum atomic E-state index is 0.242. The van der Waals surface area contributed by atoms with E-state index in [9.17, 15) is 4.79 Å². The number of piperidine rings is 1. The molecule has 0 aliphatic carbocycles. The molecule has 1 aromatic heterocycles. The lowest BCUT2D eigenvalue weighted by Gasteiger charge is -2.39. The Morgan fingerprint density at radius 2 is 1.85 bits per heavy atom. The number of amides is 1. The maximum Gasteiger partial charge on any atom is 0.242 e. The standard InChI is InChI=1S/C17H22N2O/c1-13-6-5-7-14(2)19(13)17(20)12-18-11-10-15-8-3-4-9-16(15)18/h3-4,8-11,13-14H,5-7,12H2,1-2H3. The molecule has 0 bridgehead atoms. The Morgan fingerprint density at radius 3 is 2.60 bits per heavy atom. The third kappa shape index (κ3) is 2.33. The molecule has 1 aromatic carbocycles. The second-order valence-electron chi connectivity index (χ2n) is 5.93. The Morgan fingerprint density at radius 1 is 1.15 bits per heavy atom. The first-order valence-electron chi connectivity index (χ1n) is 7.52. The maximum atomic E-state index is 12.6. The summed E-state index contributed by atoms with van der Waals surface area (Å²) in [5.74, 6) is 0.242. The number of benzene rings is 1. The van der Waals surface area contributed by atoms with Gasteiger partial charge in [-0.05, 0) is 50.6 Å². The predicted octanol–water partition coefficient (Wildman–Crippen LogP) is 3.43. The van der Waals surface area contributed by atoms with E-state index in [4.69, 9.17) is 0 Å². The van der Waals surface area contributed by atoms with E-state index in [-0.39, 0.29) is 5.91 Å². The number of nitrogens with zero attached hydrogens (tertiary/aromatic N) is 2. The number of hydrogen-bond donors (Lipinski definition) is 0. The number of fused-ring (bicyclic) bond motifs is 1. The third-order valence-corrected chi connectivity index (χ3v) is 4.47. The molecule has 2 heterocycles. The molecule has 0 radical (unpaired) electrons. The summed E-state index contributed by atoms with van der Waals surface area (Å²) < 4.78 is 2.06. The molecule has 1 fully saturated rings. The van der Waals surface area contributed by atoms with Crippen LogP contribution in [0.4, 0.5) is 0 Å². The van der Waals surface area contributed by atoms with Gasteiger partial charge < -0.3 is 9.47 Å². The van der Waals surface area contributed by atoms with Gasteiger partial charge in [-0.2, -0.15) is 0 Å². The minimum Gasteiger partial charge on any atom is -0.338 e. The van der Waals surface area contributed by atoms with E-state index in [1.807, 2.05) is 18.3 Å². The van der Waals surface area contributed by atoms with Gasteiger partial charge in [-0.3, -0.25) is 4.79 Å². The molecule has 0 saturated carbocycles. The summed E-state index contributed by atoms with van der Waals surface area (Å²) >= 11 is 0. The van der Waals surface area contributed by atoms with Crippen molar-refractivity contribution in [3.8, 4) is 0 Å². The van der Waals surface area contributed by atoms with E-state index in [0.29, 0.717) is 18.6 Å².